The van der Waals surface area contributed by atoms with Crippen molar-refractivity contribution in [2.45, 2.75) is 128 Å². The molecule has 0 spiro atoms. The number of nitrogens with zero attached hydrogens (tertiary/aromatic N) is 1. The average molecular weight is 480 g/mol. The predicted octanol–water partition coefficient (Wildman–Crippen LogP) is 6.24. The van der Waals surface area contributed by atoms with Crippen LogP contribution in [0.5, 0.6) is 0 Å². The number of halogens is 1. The number of hydrogen-bond acceptors (Lipinski definition) is 5. The number of unbranched alkanes of at least 4 members (excludes halogenated alkanes) is 15. The number of piperazine rings is 1. The Morgan fingerprint density at radius 3 is 1.50 bits per heavy atom. The number of aliphatic hydroxyl groups is 2. The molecule has 0 aromatic rings. The molecule has 0 aromatic carbocycles. The number of aliphatic hydroxyl groups excluding tert-OH is 2. The Balaban J connectivity index is 0. The van der Waals surface area contributed by atoms with Crippen LogP contribution in [0.2, 0.25) is 0 Å². The van der Waals surface area contributed by atoms with Gasteiger partial charge in [0.2, 0.25) is 0 Å². The van der Waals surface area contributed by atoms with E-state index in [0.29, 0.717) is 0 Å². The van der Waals surface area contributed by atoms with Crippen LogP contribution < -0.4 is 11.5 Å². The fourth-order valence-corrected chi connectivity index (χ4v) is 5.12. The molecule has 0 radical (unpaired) electrons. The molecule has 6 heteroatoms. The molecule has 0 bridgehead atoms. The van der Waals surface area contributed by atoms with Crippen LogP contribution in [0.1, 0.15) is 122 Å². The second-order valence-corrected chi connectivity index (χ2v) is 9.64. The highest BCUT2D eigenvalue weighted by Crippen LogP contribution is 2.26. The van der Waals surface area contributed by atoms with E-state index in [2.05, 4.69) is 17.1 Å². The highest BCUT2D eigenvalue weighted by molar-refractivity contribution is 5.85. The first-order valence-corrected chi connectivity index (χ1v) is 13.5. The van der Waals surface area contributed by atoms with Crippen LogP contribution in [0.3, 0.4) is 0 Å². The molecule has 0 atom stereocenters. The Morgan fingerprint density at radius 2 is 1.09 bits per heavy atom. The molecule has 1 saturated heterocycles. The van der Waals surface area contributed by atoms with Crippen molar-refractivity contribution in [1.29, 1.82) is 0 Å². The van der Waals surface area contributed by atoms with E-state index in [4.69, 9.17) is 0 Å². The second kappa shape index (κ2) is 24.2. The highest BCUT2D eigenvalue weighted by Gasteiger charge is 2.37. The minimum atomic E-state index is -0.0444. The minimum absolute atomic E-state index is 0. The van der Waals surface area contributed by atoms with Crippen molar-refractivity contribution in [3.63, 3.8) is 0 Å². The minimum Gasteiger partial charge on any atom is -0.396 e. The van der Waals surface area contributed by atoms with Crippen molar-refractivity contribution in [1.82, 2.24) is 16.4 Å². The summed E-state index contributed by atoms with van der Waals surface area (Å²) in [5.74, 6) is 0. The highest BCUT2D eigenvalue weighted by atomic mass is 35.5. The number of nitrogens with one attached hydrogen (secondary N) is 1. The van der Waals surface area contributed by atoms with Crippen LogP contribution in [-0.4, -0.2) is 60.0 Å². The maximum absolute atomic E-state index is 9.50. The van der Waals surface area contributed by atoms with Crippen LogP contribution in [-0.2, 0) is 0 Å². The van der Waals surface area contributed by atoms with Crippen molar-refractivity contribution in [2.75, 3.05) is 39.4 Å². The standard InChI is InChI=1S/C26H54N2O2.ClH.H3N/c1-2-3-4-5-6-7-8-9-10-11-12-13-14-15-16-17-21-28-22-20-27-25-26(28,18-23-29)19-24-30;;/h27,29-30H,2-25H2,1H3;1H;1H3. The van der Waals surface area contributed by atoms with Gasteiger partial charge in [-0.2, -0.15) is 0 Å². The molecule has 1 heterocycles. The second-order valence-electron chi connectivity index (χ2n) is 9.64. The van der Waals surface area contributed by atoms with Gasteiger partial charge in [-0.05, 0) is 25.8 Å². The molecule has 32 heavy (non-hydrogen) atoms. The fourth-order valence-electron chi connectivity index (χ4n) is 5.12. The number of hydrogen-bond donors (Lipinski definition) is 4. The zero-order valence-corrected chi connectivity index (χ0v) is 22.2. The smallest absolute Gasteiger partial charge is 0.0449 e. The summed E-state index contributed by atoms with van der Waals surface area (Å²) in [5, 5.41) is 22.5. The van der Waals surface area contributed by atoms with Crippen molar-refractivity contribution in [3.05, 3.63) is 0 Å². The van der Waals surface area contributed by atoms with Gasteiger partial charge in [0.25, 0.3) is 0 Å². The third-order valence-electron chi connectivity index (χ3n) is 7.12. The zero-order chi connectivity index (χ0) is 21.8. The Morgan fingerprint density at radius 1 is 0.688 bits per heavy atom. The van der Waals surface area contributed by atoms with Gasteiger partial charge in [-0.25, -0.2) is 0 Å². The monoisotopic (exact) mass is 479 g/mol. The van der Waals surface area contributed by atoms with Crippen molar-refractivity contribution in [3.8, 4) is 0 Å². The van der Waals surface area contributed by atoms with Gasteiger partial charge in [-0.1, -0.05) is 103 Å². The van der Waals surface area contributed by atoms with Crippen molar-refractivity contribution in [2.24, 2.45) is 0 Å². The normalized spacial score (nSPS) is 15.8. The molecule has 0 unspecified atom stereocenters. The van der Waals surface area contributed by atoms with E-state index in [9.17, 15) is 10.2 Å². The van der Waals surface area contributed by atoms with E-state index >= 15 is 0 Å². The lowest BCUT2D eigenvalue weighted by atomic mass is 9.87. The average Bonchev–Trinajstić information content (AvgIpc) is 2.75. The fraction of sp³-hybridized carbons (Fsp3) is 1.00. The first-order chi connectivity index (χ1) is 14.8. The lowest BCUT2D eigenvalue weighted by Crippen LogP contribution is -2.62. The molecular weight excluding hydrogens is 422 g/mol. The third-order valence-corrected chi connectivity index (χ3v) is 7.12. The lowest BCUT2D eigenvalue weighted by Gasteiger charge is -2.47. The summed E-state index contributed by atoms with van der Waals surface area (Å²) in [6.45, 7) is 6.77. The molecule has 5 nitrogen and oxygen atoms in total. The van der Waals surface area contributed by atoms with Crippen LogP contribution in [0.15, 0.2) is 0 Å². The van der Waals surface area contributed by atoms with E-state index in [-0.39, 0.29) is 37.3 Å². The van der Waals surface area contributed by atoms with E-state index in [1.807, 2.05) is 0 Å². The van der Waals surface area contributed by atoms with Crippen LogP contribution in [0.25, 0.3) is 0 Å². The van der Waals surface area contributed by atoms with Gasteiger partial charge in [-0.3, -0.25) is 4.90 Å². The van der Waals surface area contributed by atoms with E-state index in [0.717, 1.165) is 39.0 Å². The van der Waals surface area contributed by atoms with Crippen LogP contribution in [0, 0.1) is 0 Å². The van der Waals surface area contributed by atoms with Gasteiger partial charge in [0.05, 0.1) is 0 Å². The summed E-state index contributed by atoms with van der Waals surface area (Å²) in [4.78, 5) is 2.54. The summed E-state index contributed by atoms with van der Waals surface area (Å²) in [6.07, 6.45) is 24.0. The van der Waals surface area contributed by atoms with Crippen LogP contribution in [0.4, 0.5) is 0 Å². The molecule has 1 fully saturated rings. The van der Waals surface area contributed by atoms with Gasteiger partial charge in [-0.15, -0.1) is 12.4 Å². The molecule has 1 aliphatic rings. The lowest BCUT2D eigenvalue weighted by molar-refractivity contribution is 0.0165. The largest absolute Gasteiger partial charge is 0.396 e. The molecule has 0 saturated carbocycles. The molecule has 6 N–H and O–H groups in total. The van der Waals surface area contributed by atoms with Gasteiger partial charge < -0.3 is 21.7 Å². The third kappa shape index (κ3) is 15.8. The van der Waals surface area contributed by atoms with Gasteiger partial charge in [0.15, 0.2) is 0 Å². The Hall–Kier alpha value is 0.0900. The number of rotatable bonds is 21. The topological polar surface area (TPSA) is 90.7 Å². The quantitative estimate of drug-likeness (QED) is 0.146. The van der Waals surface area contributed by atoms with E-state index in [1.54, 1.807) is 0 Å². The first kappa shape index (κ1) is 34.3. The van der Waals surface area contributed by atoms with Gasteiger partial charge >= 0.3 is 0 Å². The molecule has 196 valence electrons. The summed E-state index contributed by atoms with van der Waals surface area (Å²) < 4.78 is 0. The van der Waals surface area contributed by atoms with E-state index < -0.39 is 0 Å². The molecule has 0 amide bonds. The van der Waals surface area contributed by atoms with E-state index in [1.165, 1.54) is 103 Å². The van der Waals surface area contributed by atoms with Gasteiger partial charge in [0, 0.05) is 38.4 Å². The summed E-state index contributed by atoms with van der Waals surface area (Å²) in [7, 11) is 0. The summed E-state index contributed by atoms with van der Waals surface area (Å²) in [6, 6.07) is 0. The Kier molecular flexibility index (Phi) is 25.9. The molecule has 0 aliphatic carbocycles. The molecule has 1 aliphatic heterocycles. The van der Waals surface area contributed by atoms with Crippen molar-refractivity contribution >= 4 is 12.4 Å². The maximum Gasteiger partial charge on any atom is 0.0449 e. The van der Waals surface area contributed by atoms with Crippen molar-refractivity contribution < 1.29 is 10.2 Å². The Labute approximate surface area is 206 Å². The predicted molar refractivity (Wildman–Crippen MR) is 142 cm³/mol. The first-order valence-electron chi connectivity index (χ1n) is 13.5. The SMILES string of the molecule is CCCCCCCCCCCCCCCCCCN1CCNCC1(CCO)CCO.Cl.N. The molecule has 1 rings (SSSR count). The maximum atomic E-state index is 9.50. The Bertz CT molecular complexity index is 363. The van der Waals surface area contributed by atoms with Gasteiger partial charge in [0.1, 0.15) is 0 Å². The summed E-state index contributed by atoms with van der Waals surface area (Å²) >= 11 is 0. The zero-order valence-electron chi connectivity index (χ0n) is 21.4. The molecule has 0 aromatic heterocycles. The molecular formula is C26H58ClN3O2. The summed E-state index contributed by atoms with van der Waals surface area (Å²) in [5.41, 5.74) is -0.0444. The van der Waals surface area contributed by atoms with Crippen LogP contribution >= 0.6 is 12.4 Å².